The van der Waals surface area contributed by atoms with Gasteiger partial charge in [-0.2, -0.15) is 0 Å². The van der Waals surface area contributed by atoms with E-state index in [1.807, 2.05) is 13.8 Å². The smallest absolute Gasteiger partial charge is 0.276 e. The Morgan fingerprint density at radius 3 is 2.75 bits per heavy atom. The average Bonchev–Trinajstić information content (AvgIpc) is 2.59. The summed E-state index contributed by atoms with van der Waals surface area (Å²) in [5.41, 5.74) is 1.34. The minimum atomic E-state index is -0.227. The summed E-state index contributed by atoms with van der Waals surface area (Å²) in [6, 6.07) is 5.22. The molecule has 1 N–H and O–H groups in total. The Labute approximate surface area is 97.4 Å². The fourth-order valence-electron chi connectivity index (χ4n) is 1.18. The SMILES string of the molecule is Cc1nc(NC(=O)c2ccccn2)sc1C. The van der Waals surface area contributed by atoms with Crippen LogP contribution in [-0.2, 0) is 0 Å². The van der Waals surface area contributed by atoms with E-state index in [1.54, 1.807) is 24.4 Å². The van der Waals surface area contributed by atoms with E-state index in [1.165, 1.54) is 11.3 Å². The van der Waals surface area contributed by atoms with Gasteiger partial charge < -0.3 is 0 Å². The molecule has 0 saturated heterocycles. The number of thiazole rings is 1. The first-order chi connectivity index (χ1) is 7.66. The van der Waals surface area contributed by atoms with Gasteiger partial charge in [-0.1, -0.05) is 6.07 Å². The maximum atomic E-state index is 11.7. The van der Waals surface area contributed by atoms with Crippen LogP contribution in [0.5, 0.6) is 0 Å². The molecule has 0 unspecified atom stereocenters. The summed E-state index contributed by atoms with van der Waals surface area (Å²) in [5, 5.41) is 3.34. The first kappa shape index (κ1) is 10.8. The largest absolute Gasteiger partial charge is 0.296 e. The van der Waals surface area contributed by atoms with Crippen LogP contribution in [0.25, 0.3) is 0 Å². The number of aryl methyl sites for hydroxylation is 2. The lowest BCUT2D eigenvalue weighted by Crippen LogP contribution is -2.13. The van der Waals surface area contributed by atoms with Crippen LogP contribution in [0.1, 0.15) is 21.1 Å². The van der Waals surface area contributed by atoms with Gasteiger partial charge in [0.2, 0.25) is 0 Å². The number of anilines is 1. The van der Waals surface area contributed by atoms with E-state index in [2.05, 4.69) is 15.3 Å². The zero-order valence-corrected chi connectivity index (χ0v) is 9.84. The molecule has 2 heterocycles. The zero-order chi connectivity index (χ0) is 11.5. The Balaban J connectivity index is 2.14. The van der Waals surface area contributed by atoms with Gasteiger partial charge in [-0.25, -0.2) is 4.98 Å². The molecule has 4 nitrogen and oxygen atoms in total. The molecular formula is C11H11N3OS. The summed E-state index contributed by atoms with van der Waals surface area (Å²) in [7, 11) is 0. The summed E-state index contributed by atoms with van der Waals surface area (Å²) < 4.78 is 0. The van der Waals surface area contributed by atoms with Crippen LogP contribution >= 0.6 is 11.3 Å². The van der Waals surface area contributed by atoms with Crippen molar-refractivity contribution in [1.82, 2.24) is 9.97 Å². The Kier molecular flexibility index (Phi) is 2.96. The van der Waals surface area contributed by atoms with Crippen LogP contribution in [0.15, 0.2) is 24.4 Å². The number of pyridine rings is 1. The topological polar surface area (TPSA) is 54.9 Å². The molecule has 0 fully saturated rings. The van der Waals surface area contributed by atoms with E-state index in [0.717, 1.165) is 10.6 Å². The van der Waals surface area contributed by atoms with E-state index in [4.69, 9.17) is 0 Å². The molecule has 0 bridgehead atoms. The number of hydrogen-bond donors (Lipinski definition) is 1. The van der Waals surface area contributed by atoms with Crippen molar-refractivity contribution in [2.24, 2.45) is 0 Å². The number of nitrogens with zero attached hydrogens (tertiary/aromatic N) is 2. The molecule has 2 aromatic rings. The minimum Gasteiger partial charge on any atom is -0.296 e. The van der Waals surface area contributed by atoms with Gasteiger partial charge in [0.15, 0.2) is 5.13 Å². The summed E-state index contributed by atoms with van der Waals surface area (Å²) >= 11 is 1.47. The highest BCUT2D eigenvalue weighted by Gasteiger charge is 2.10. The molecule has 82 valence electrons. The fourth-order valence-corrected chi connectivity index (χ4v) is 1.99. The summed E-state index contributed by atoms with van der Waals surface area (Å²) in [6.45, 7) is 3.89. The van der Waals surface area contributed by atoms with Gasteiger partial charge in [-0.05, 0) is 26.0 Å². The van der Waals surface area contributed by atoms with E-state index in [0.29, 0.717) is 10.8 Å². The van der Waals surface area contributed by atoms with Gasteiger partial charge in [0.05, 0.1) is 5.69 Å². The predicted octanol–water partition coefficient (Wildman–Crippen LogP) is 2.41. The van der Waals surface area contributed by atoms with Crippen LogP contribution in [0.2, 0.25) is 0 Å². The van der Waals surface area contributed by atoms with Crippen LogP contribution < -0.4 is 5.32 Å². The highest BCUT2D eigenvalue weighted by atomic mass is 32.1. The van der Waals surface area contributed by atoms with Gasteiger partial charge in [-0.3, -0.25) is 15.1 Å². The van der Waals surface area contributed by atoms with Crippen LogP contribution in [-0.4, -0.2) is 15.9 Å². The zero-order valence-electron chi connectivity index (χ0n) is 9.02. The van der Waals surface area contributed by atoms with Crippen molar-refractivity contribution in [2.45, 2.75) is 13.8 Å². The van der Waals surface area contributed by atoms with Gasteiger partial charge >= 0.3 is 0 Å². The summed E-state index contributed by atoms with van der Waals surface area (Å²) in [6.07, 6.45) is 1.59. The van der Waals surface area contributed by atoms with Crippen molar-refractivity contribution in [1.29, 1.82) is 0 Å². The summed E-state index contributed by atoms with van der Waals surface area (Å²) in [5.74, 6) is -0.227. The van der Waals surface area contributed by atoms with Crippen molar-refractivity contribution in [3.8, 4) is 0 Å². The lowest BCUT2D eigenvalue weighted by atomic mass is 10.3. The monoisotopic (exact) mass is 233 g/mol. The second-order valence-corrected chi connectivity index (χ2v) is 4.53. The fraction of sp³-hybridized carbons (Fsp3) is 0.182. The molecule has 2 rings (SSSR count). The molecule has 0 aliphatic carbocycles. The van der Waals surface area contributed by atoms with Gasteiger partial charge in [0.1, 0.15) is 5.69 Å². The maximum absolute atomic E-state index is 11.7. The number of hydrogen-bond acceptors (Lipinski definition) is 4. The summed E-state index contributed by atoms with van der Waals surface area (Å²) in [4.78, 5) is 21.0. The van der Waals surface area contributed by atoms with E-state index in [9.17, 15) is 4.79 Å². The number of nitrogens with one attached hydrogen (secondary N) is 1. The molecule has 0 aromatic carbocycles. The van der Waals surface area contributed by atoms with Crippen molar-refractivity contribution in [2.75, 3.05) is 5.32 Å². The molecule has 2 aromatic heterocycles. The molecule has 16 heavy (non-hydrogen) atoms. The standard InChI is InChI=1S/C11H11N3OS/c1-7-8(2)16-11(13-7)14-10(15)9-5-3-4-6-12-9/h3-6H,1-2H3,(H,13,14,15). The lowest BCUT2D eigenvalue weighted by molar-refractivity contribution is 0.102. The van der Waals surface area contributed by atoms with Gasteiger partial charge in [0.25, 0.3) is 5.91 Å². The van der Waals surface area contributed by atoms with Crippen LogP contribution in [0, 0.1) is 13.8 Å². The Morgan fingerprint density at radius 2 is 2.19 bits per heavy atom. The number of carbonyl (C=O) groups excluding carboxylic acids is 1. The van der Waals surface area contributed by atoms with Gasteiger partial charge in [-0.15, -0.1) is 11.3 Å². The van der Waals surface area contributed by atoms with Crippen molar-refractivity contribution >= 4 is 22.4 Å². The Hall–Kier alpha value is -1.75. The molecule has 5 heteroatoms. The Morgan fingerprint density at radius 1 is 1.38 bits per heavy atom. The minimum absolute atomic E-state index is 0.227. The van der Waals surface area contributed by atoms with Gasteiger partial charge in [0, 0.05) is 11.1 Å². The molecule has 0 aliphatic rings. The van der Waals surface area contributed by atoms with Crippen LogP contribution in [0.3, 0.4) is 0 Å². The average molecular weight is 233 g/mol. The van der Waals surface area contributed by atoms with E-state index in [-0.39, 0.29) is 5.91 Å². The third-order valence-corrected chi connectivity index (χ3v) is 3.13. The number of rotatable bonds is 2. The molecule has 1 amide bonds. The molecule has 0 atom stereocenters. The normalized spacial score (nSPS) is 10.1. The molecule has 0 saturated carbocycles. The highest BCUT2D eigenvalue weighted by Crippen LogP contribution is 2.21. The third-order valence-electron chi connectivity index (χ3n) is 2.15. The molecule has 0 aliphatic heterocycles. The predicted molar refractivity (Wildman–Crippen MR) is 63.8 cm³/mol. The second kappa shape index (κ2) is 4.40. The van der Waals surface area contributed by atoms with Crippen LogP contribution in [0.4, 0.5) is 5.13 Å². The molecule has 0 radical (unpaired) electrons. The first-order valence-corrected chi connectivity index (χ1v) is 5.65. The highest BCUT2D eigenvalue weighted by molar-refractivity contribution is 7.15. The Bertz CT molecular complexity index is 488. The third kappa shape index (κ3) is 2.25. The number of amides is 1. The first-order valence-electron chi connectivity index (χ1n) is 4.83. The molecule has 0 spiro atoms. The quantitative estimate of drug-likeness (QED) is 0.866. The number of aromatic nitrogens is 2. The van der Waals surface area contributed by atoms with Crippen molar-refractivity contribution in [3.63, 3.8) is 0 Å². The number of carbonyl (C=O) groups is 1. The van der Waals surface area contributed by atoms with E-state index >= 15 is 0 Å². The van der Waals surface area contributed by atoms with E-state index < -0.39 is 0 Å². The van der Waals surface area contributed by atoms with Crippen molar-refractivity contribution < 1.29 is 4.79 Å². The molecular weight excluding hydrogens is 222 g/mol. The van der Waals surface area contributed by atoms with Crippen molar-refractivity contribution in [3.05, 3.63) is 40.7 Å². The maximum Gasteiger partial charge on any atom is 0.276 e. The lowest BCUT2D eigenvalue weighted by Gasteiger charge is -1.99. The second-order valence-electron chi connectivity index (χ2n) is 3.33.